The number of aliphatic hydroxyl groups excluding tert-OH is 1. The topological polar surface area (TPSA) is 72.8 Å². The summed E-state index contributed by atoms with van der Waals surface area (Å²) in [5.41, 5.74) is 0. The highest BCUT2D eigenvalue weighted by Crippen LogP contribution is 2.17. The molecular formula is C8H12O5. The molecule has 0 amide bonds. The van der Waals surface area contributed by atoms with E-state index in [2.05, 4.69) is 4.74 Å². The van der Waals surface area contributed by atoms with E-state index in [1.54, 1.807) is 6.92 Å². The Kier molecular flexibility index (Phi) is 3.25. The molecule has 0 bridgehead atoms. The van der Waals surface area contributed by atoms with Crippen LogP contribution in [0, 0.1) is 0 Å². The molecule has 1 saturated heterocycles. The fourth-order valence-electron chi connectivity index (χ4n) is 1.15. The van der Waals surface area contributed by atoms with Crippen molar-refractivity contribution in [3.05, 3.63) is 0 Å². The Morgan fingerprint density at radius 1 is 1.85 bits per heavy atom. The van der Waals surface area contributed by atoms with E-state index in [1.807, 2.05) is 0 Å². The number of ether oxygens (including phenoxy) is 2. The van der Waals surface area contributed by atoms with E-state index in [9.17, 15) is 14.7 Å². The number of carbonyl (C=O) groups is 2. The van der Waals surface area contributed by atoms with Crippen molar-refractivity contribution in [3.8, 4) is 0 Å². The number of hydrogen-bond donors (Lipinski definition) is 1. The van der Waals surface area contributed by atoms with Gasteiger partial charge in [-0.25, -0.2) is 4.79 Å². The lowest BCUT2D eigenvalue weighted by Crippen LogP contribution is -2.35. The number of esters is 2. The summed E-state index contributed by atoms with van der Waals surface area (Å²) in [6.45, 7) is 1.85. The lowest BCUT2D eigenvalue weighted by molar-refractivity contribution is -0.163. The van der Waals surface area contributed by atoms with Gasteiger partial charge in [0.2, 0.25) is 0 Å². The number of cyclic esters (lactones) is 1. The first-order chi connectivity index (χ1) is 6.15. The average molecular weight is 188 g/mol. The predicted molar refractivity (Wildman–Crippen MR) is 41.8 cm³/mol. The van der Waals surface area contributed by atoms with Gasteiger partial charge in [0, 0.05) is 6.42 Å². The average Bonchev–Trinajstić information content (AvgIpc) is 2.51. The monoisotopic (exact) mass is 188 g/mol. The smallest absolute Gasteiger partial charge is 0.338 e. The summed E-state index contributed by atoms with van der Waals surface area (Å²) in [7, 11) is 0. The van der Waals surface area contributed by atoms with E-state index < -0.39 is 18.2 Å². The summed E-state index contributed by atoms with van der Waals surface area (Å²) in [6, 6.07) is 0. The Morgan fingerprint density at radius 2 is 2.54 bits per heavy atom. The van der Waals surface area contributed by atoms with E-state index in [0.717, 1.165) is 0 Å². The summed E-state index contributed by atoms with van der Waals surface area (Å²) in [4.78, 5) is 21.6. The molecule has 0 spiro atoms. The SMILES string of the molecule is CCOC(=O)[C@H](O)[C@@H]1CCC(=O)O1. The third-order valence-corrected chi connectivity index (χ3v) is 1.80. The molecule has 0 unspecified atom stereocenters. The maximum absolute atomic E-state index is 11.0. The lowest BCUT2D eigenvalue weighted by atomic mass is 10.1. The maximum Gasteiger partial charge on any atom is 0.338 e. The van der Waals surface area contributed by atoms with E-state index in [-0.39, 0.29) is 19.0 Å². The van der Waals surface area contributed by atoms with Gasteiger partial charge in [-0.2, -0.15) is 0 Å². The largest absolute Gasteiger partial charge is 0.464 e. The van der Waals surface area contributed by atoms with Crippen LogP contribution in [-0.4, -0.2) is 35.9 Å². The molecule has 0 aromatic heterocycles. The molecule has 1 fully saturated rings. The van der Waals surface area contributed by atoms with Crippen LogP contribution in [0.4, 0.5) is 0 Å². The molecule has 13 heavy (non-hydrogen) atoms. The summed E-state index contributed by atoms with van der Waals surface area (Å²) >= 11 is 0. The van der Waals surface area contributed by atoms with Gasteiger partial charge in [-0.1, -0.05) is 0 Å². The minimum absolute atomic E-state index is 0.205. The van der Waals surface area contributed by atoms with Gasteiger partial charge in [0.05, 0.1) is 6.61 Å². The number of hydrogen-bond acceptors (Lipinski definition) is 5. The molecule has 0 aliphatic carbocycles. The molecule has 1 rings (SSSR count). The molecule has 0 saturated carbocycles. The van der Waals surface area contributed by atoms with Crippen LogP contribution >= 0.6 is 0 Å². The van der Waals surface area contributed by atoms with Crippen molar-refractivity contribution in [3.63, 3.8) is 0 Å². The van der Waals surface area contributed by atoms with Crippen molar-refractivity contribution >= 4 is 11.9 Å². The second-order valence-corrected chi connectivity index (χ2v) is 2.76. The molecule has 5 heteroatoms. The second kappa shape index (κ2) is 4.23. The molecule has 1 N–H and O–H groups in total. The Hall–Kier alpha value is -1.10. The summed E-state index contributed by atoms with van der Waals surface area (Å²) in [5.74, 6) is -1.12. The molecule has 0 radical (unpaired) electrons. The quantitative estimate of drug-likeness (QED) is 0.611. The minimum Gasteiger partial charge on any atom is -0.464 e. The van der Waals surface area contributed by atoms with Crippen molar-refractivity contribution in [1.29, 1.82) is 0 Å². The third kappa shape index (κ3) is 2.42. The Morgan fingerprint density at radius 3 is 3.00 bits per heavy atom. The van der Waals surface area contributed by atoms with Gasteiger partial charge in [-0.05, 0) is 13.3 Å². The summed E-state index contributed by atoms with van der Waals surface area (Å²) in [5, 5.41) is 9.31. The fraction of sp³-hybridized carbons (Fsp3) is 0.750. The van der Waals surface area contributed by atoms with Crippen LogP contribution in [-0.2, 0) is 19.1 Å². The van der Waals surface area contributed by atoms with Crippen LogP contribution in [0.25, 0.3) is 0 Å². The molecule has 5 nitrogen and oxygen atoms in total. The molecule has 0 aromatic rings. The van der Waals surface area contributed by atoms with E-state index in [0.29, 0.717) is 6.42 Å². The van der Waals surface area contributed by atoms with Crippen molar-refractivity contribution in [1.82, 2.24) is 0 Å². The minimum atomic E-state index is -1.34. The molecule has 0 aromatic carbocycles. The Bertz CT molecular complexity index is 213. The van der Waals surface area contributed by atoms with Crippen molar-refractivity contribution < 1.29 is 24.2 Å². The number of carbonyl (C=O) groups excluding carboxylic acids is 2. The van der Waals surface area contributed by atoms with E-state index in [4.69, 9.17) is 4.74 Å². The molecule has 74 valence electrons. The number of rotatable bonds is 3. The van der Waals surface area contributed by atoms with Gasteiger partial charge in [0.1, 0.15) is 6.10 Å². The normalized spacial score (nSPS) is 23.8. The zero-order valence-electron chi connectivity index (χ0n) is 7.36. The number of aliphatic hydroxyl groups is 1. The first kappa shape index (κ1) is 9.98. The Balaban J connectivity index is 2.43. The van der Waals surface area contributed by atoms with Gasteiger partial charge in [0.15, 0.2) is 6.10 Å². The highest BCUT2D eigenvalue weighted by molar-refractivity contribution is 5.77. The summed E-state index contributed by atoms with van der Waals surface area (Å²) in [6.07, 6.45) is -1.45. The molecule has 1 heterocycles. The fourth-order valence-corrected chi connectivity index (χ4v) is 1.15. The predicted octanol–water partition coefficient (Wildman–Crippen LogP) is -0.384. The van der Waals surface area contributed by atoms with Crippen molar-refractivity contribution in [2.24, 2.45) is 0 Å². The van der Waals surface area contributed by atoms with Crippen LogP contribution in [0.3, 0.4) is 0 Å². The van der Waals surface area contributed by atoms with Crippen LogP contribution in [0.15, 0.2) is 0 Å². The lowest BCUT2D eigenvalue weighted by Gasteiger charge is -2.14. The van der Waals surface area contributed by atoms with Gasteiger partial charge >= 0.3 is 11.9 Å². The highest BCUT2D eigenvalue weighted by atomic mass is 16.6. The van der Waals surface area contributed by atoms with Crippen molar-refractivity contribution in [2.45, 2.75) is 32.0 Å². The first-order valence-electron chi connectivity index (χ1n) is 4.19. The van der Waals surface area contributed by atoms with Gasteiger partial charge < -0.3 is 14.6 Å². The molecular weight excluding hydrogens is 176 g/mol. The zero-order valence-corrected chi connectivity index (χ0v) is 7.36. The van der Waals surface area contributed by atoms with Crippen molar-refractivity contribution in [2.75, 3.05) is 6.61 Å². The molecule has 2 atom stereocenters. The zero-order chi connectivity index (χ0) is 9.84. The second-order valence-electron chi connectivity index (χ2n) is 2.76. The molecule has 1 aliphatic heterocycles. The van der Waals surface area contributed by atoms with Gasteiger partial charge in [-0.3, -0.25) is 4.79 Å². The van der Waals surface area contributed by atoms with E-state index in [1.165, 1.54) is 0 Å². The molecule has 1 aliphatic rings. The van der Waals surface area contributed by atoms with Crippen LogP contribution in [0.2, 0.25) is 0 Å². The van der Waals surface area contributed by atoms with Crippen LogP contribution < -0.4 is 0 Å². The first-order valence-corrected chi connectivity index (χ1v) is 4.19. The third-order valence-electron chi connectivity index (χ3n) is 1.80. The van der Waals surface area contributed by atoms with Crippen LogP contribution in [0.1, 0.15) is 19.8 Å². The maximum atomic E-state index is 11.0. The standard InChI is InChI=1S/C8H12O5/c1-2-12-8(11)7(10)5-3-4-6(9)13-5/h5,7,10H,2-4H2,1H3/t5-,7+/m0/s1. The highest BCUT2D eigenvalue weighted by Gasteiger charge is 2.35. The van der Waals surface area contributed by atoms with Crippen LogP contribution in [0.5, 0.6) is 0 Å². The summed E-state index contributed by atoms with van der Waals surface area (Å²) < 4.78 is 9.27. The van der Waals surface area contributed by atoms with Gasteiger partial charge in [0.25, 0.3) is 0 Å². The Labute approximate surface area is 75.6 Å². The van der Waals surface area contributed by atoms with Gasteiger partial charge in [-0.15, -0.1) is 0 Å². The van der Waals surface area contributed by atoms with E-state index >= 15 is 0 Å².